The summed E-state index contributed by atoms with van der Waals surface area (Å²) < 4.78 is 18.7. The summed E-state index contributed by atoms with van der Waals surface area (Å²) in [6.07, 6.45) is -1.41. The van der Waals surface area contributed by atoms with Crippen LogP contribution in [0.5, 0.6) is 0 Å². The summed E-state index contributed by atoms with van der Waals surface area (Å²) in [5.41, 5.74) is -0.492. The average molecular weight is 369 g/mol. The largest absolute Gasteiger partial charge is 0.386 e. The van der Waals surface area contributed by atoms with Crippen molar-refractivity contribution in [2.45, 2.75) is 84.3 Å². The lowest BCUT2D eigenvalue weighted by Crippen LogP contribution is -2.39. The quantitative estimate of drug-likeness (QED) is 0.718. The van der Waals surface area contributed by atoms with Gasteiger partial charge in [-0.3, -0.25) is 4.57 Å². The molecule has 0 bridgehead atoms. The van der Waals surface area contributed by atoms with E-state index in [1.54, 1.807) is 12.3 Å². The Hall–Kier alpha value is -1.48. The minimum atomic E-state index is -0.999. The maximum atomic E-state index is 12.4. The number of aromatic nitrogens is 2. The predicted molar refractivity (Wildman–Crippen MR) is 98.3 cm³/mol. The van der Waals surface area contributed by atoms with Crippen LogP contribution in [0.25, 0.3) is 0 Å². The lowest BCUT2D eigenvalue weighted by molar-refractivity contribution is -0.0979. The summed E-state index contributed by atoms with van der Waals surface area (Å²) in [5, 5.41) is 13.8. The Balaban J connectivity index is 2.21. The van der Waals surface area contributed by atoms with E-state index >= 15 is 0 Å². The normalized spacial score (nSPS) is 26.2. The molecule has 148 valence electrons. The second-order valence-electron chi connectivity index (χ2n) is 7.39. The molecule has 1 unspecified atom stereocenters. The Morgan fingerprint density at radius 2 is 1.96 bits per heavy atom. The summed E-state index contributed by atoms with van der Waals surface area (Å²) in [5.74, 6) is 0.489. The van der Waals surface area contributed by atoms with E-state index in [1.807, 2.05) is 41.5 Å². The maximum absolute atomic E-state index is 12.4. The number of hydrogen-bond donors (Lipinski definition) is 2. The topological polar surface area (TPSA) is 94.8 Å². The highest BCUT2D eigenvalue weighted by molar-refractivity contribution is 5.32. The molecule has 1 aromatic heterocycles. The summed E-state index contributed by atoms with van der Waals surface area (Å²) >= 11 is 0. The van der Waals surface area contributed by atoms with Gasteiger partial charge in [0.1, 0.15) is 24.1 Å². The molecule has 1 aliphatic rings. The van der Waals surface area contributed by atoms with Crippen molar-refractivity contribution in [2.75, 3.05) is 11.9 Å². The van der Waals surface area contributed by atoms with Crippen LogP contribution in [0.1, 0.15) is 47.8 Å². The van der Waals surface area contributed by atoms with Crippen molar-refractivity contribution >= 4 is 5.82 Å². The monoisotopic (exact) mass is 369 g/mol. The van der Waals surface area contributed by atoms with E-state index in [0.29, 0.717) is 5.82 Å². The number of hydrogen-bond acceptors (Lipinski definition) is 7. The van der Waals surface area contributed by atoms with E-state index in [0.717, 1.165) is 0 Å². The van der Waals surface area contributed by atoms with Crippen molar-refractivity contribution in [1.29, 1.82) is 0 Å². The number of ether oxygens (including phenoxy) is 3. The summed E-state index contributed by atoms with van der Waals surface area (Å²) in [4.78, 5) is 16.4. The first-order chi connectivity index (χ1) is 12.2. The number of aliphatic hydroxyl groups excluding tert-OH is 1. The Bertz CT molecular complexity index is 631. The first-order valence-electron chi connectivity index (χ1n) is 9.15. The molecule has 0 aromatic carbocycles. The molecule has 0 saturated carbocycles. The van der Waals surface area contributed by atoms with Gasteiger partial charge in [0.15, 0.2) is 6.23 Å². The third kappa shape index (κ3) is 5.26. The van der Waals surface area contributed by atoms with Gasteiger partial charge < -0.3 is 24.6 Å². The lowest BCUT2D eigenvalue weighted by atomic mass is 10.1. The first-order valence-corrected chi connectivity index (χ1v) is 9.15. The first kappa shape index (κ1) is 20.8. The summed E-state index contributed by atoms with van der Waals surface area (Å²) in [6, 6.07) is 1.85. The minimum absolute atomic E-state index is 0.0280. The van der Waals surface area contributed by atoms with Gasteiger partial charge in [-0.15, -0.1) is 0 Å². The van der Waals surface area contributed by atoms with Crippen molar-refractivity contribution in [2.24, 2.45) is 0 Å². The van der Waals surface area contributed by atoms with Gasteiger partial charge in [0, 0.05) is 12.2 Å². The Kier molecular flexibility index (Phi) is 7.16. The van der Waals surface area contributed by atoms with E-state index in [9.17, 15) is 9.90 Å². The second-order valence-corrected chi connectivity index (χ2v) is 7.39. The highest BCUT2D eigenvalue weighted by Gasteiger charge is 2.46. The molecular weight excluding hydrogens is 338 g/mol. The highest BCUT2D eigenvalue weighted by atomic mass is 16.6. The molecule has 2 rings (SSSR count). The fourth-order valence-corrected chi connectivity index (χ4v) is 2.84. The molecule has 0 radical (unpaired) electrons. The smallest absolute Gasteiger partial charge is 0.351 e. The van der Waals surface area contributed by atoms with Crippen molar-refractivity contribution in [3.8, 4) is 0 Å². The van der Waals surface area contributed by atoms with Crippen LogP contribution in [-0.2, 0) is 14.2 Å². The van der Waals surface area contributed by atoms with E-state index in [4.69, 9.17) is 14.2 Å². The highest BCUT2D eigenvalue weighted by Crippen LogP contribution is 2.31. The standard InChI is InChI=1S/C18H31N3O5/c1-10(2)19-14-7-8-21(18(23)20-14)17-15(22)16(25-12(5)6)13(26-17)9-24-11(3)4/h7-8,10-13,15-17,22H,9H2,1-6H3,(H,19,20,23)/t13-,15?,16+,17-/m1/s1. The van der Waals surface area contributed by atoms with Crippen LogP contribution >= 0.6 is 0 Å². The molecule has 26 heavy (non-hydrogen) atoms. The van der Waals surface area contributed by atoms with Gasteiger partial charge in [0.25, 0.3) is 0 Å². The van der Waals surface area contributed by atoms with Crippen molar-refractivity contribution in [1.82, 2.24) is 9.55 Å². The predicted octanol–water partition coefficient (Wildman–Crippen LogP) is 1.54. The van der Waals surface area contributed by atoms with Crippen molar-refractivity contribution in [3.63, 3.8) is 0 Å². The van der Waals surface area contributed by atoms with Crippen LogP contribution in [0.15, 0.2) is 17.1 Å². The fourth-order valence-electron chi connectivity index (χ4n) is 2.84. The zero-order valence-electron chi connectivity index (χ0n) is 16.4. The average Bonchev–Trinajstić information content (AvgIpc) is 2.81. The van der Waals surface area contributed by atoms with E-state index in [2.05, 4.69) is 10.3 Å². The van der Waals surface area contributed by atoms with Crippen LogP contribution in [0.3, 0.4) is 0 Å². The molecule has 0 aliphatic carbocycles. The van der Waals surface area contributed by atoms with Crippen LogP contribution in [0.4, 0.5) is 5.82 Å². The number of anilines is 1. The van der Waals surface area contributed by atoms with Gasteiger partial charge in [0.05, 0.1) is 18.8 Å². The van der Waals surface area contributed by atoms with Crippen molar-refractivity contribution in [3.05, 3.63) is 22.7 Å². The molecule has 1 aromatic rings. The SMILES string of the molecule is CC(C)Nc1ccn([C@@H]2O[C@H](COC(C)C)[C@H](OC(C)C)C2O)c(=O)n1. The van der Waals surface area contributed by atoms with Gasteiger partial charge in [-0.1, -0.05) is 0 Å². The maximum Gasteiger partial charge on any atom is 0.351 e. The van der Waals surface area contributed by atoms with Crippen LogP contribution in [0.2, 0.25) is 0 Å². The third-order valence-electron chi connectivity index (χ3n) is 3.87. The van der Waals surface area contributed by atoms with Gasteiger partial charge in [0.2, 0.25) is 0 Å². The molecule has 8 heteroatoms. The molecule has 1 fully saturated rings. The van der Waals surface area contributed by atoms with Gasteiger partial charge in [-0.05, 0) is 47.6 Å². The molecule has 4 atom stereocenters. The van der Waals surface area contributed by atoms with Crippen LogP contribution < -0.4 is 11.0 Å². The minimum Gasteiger partial charge on any atom is -0.386 e. The number of nitrogens with one attached hydrogen (secondary N) is 1. The summed E-state index contributed by atoms with van der Waals surface area (Å²) in [7, 11) is 0. The lowest BCUT2D eigenvalue weighted by Gasteiger charge is -2.23. The van der Waals surface area contributed by atoms with Crippen molar-refractivity contribution < 1.29 is 19.3 Å². The number of aliphatic hydroxyl groups is 1. The van der Waals surface area contributed by atoms with Crippen LogP contribution in [-0.4, -0.2) is 57.8 Å². The van der Waals surface area contributed by atoms with E-state index < -0.39 is 30.2 Å². The van der Waals surface area contributed by atoms with Gasteiger partial charge >= 0.3 is 5.69 Å². The third-order valence-corrected chi connectivity index (χ3v) is 3.87. The second kappa shape index (κ2) is 8.94. The molecule has 0 spiro atoms. The van der Waals surface area contributed by atoms with Gasteiger partial charge in [-0.2, -0.15) is 4.98 Å². The van der Waals surface area contributed by atoms with Gasteiger partial charge in [-0.25, -0.2) is 4.79 Å². The number of nitrogens with zero attached hydrogens (tertiary/aromatic N) is 2. The molecule has 8 nitrogen and oxygen atoms in total. The molecule has 0 amide bonds. The molecular formula is C18H31N3O5. The Labute approximate surface area is 154 Å². The fraction of sp³-hybridized carbons (Fsp3) is 0.778. The van der Waals surface area contributed by atoms with Crippen LogP contribution in [0, 0.1) is 0 Å². The number of rotatable bonds is 8. The molecule has 1 aliphatic heterocycles. The Morgan fingerprint density at radius 1 is 1.27 bits per heavy atom. The molecule has 2 N–H and O–H groups in total. The van der Waals surface area contributed by atoms with E-state index in [1.165, 1.54) is 4.57 Å². The zero-order chi connectivity index (χ0) is 19.4. The molecule has 1 saturated heterocycles. The zero-order valence-corrected chi connectivity index (χ0v) is 16.4. The Morgan fingerprint density at radius 3 is 2.50 bits per heavy atom. The van der Waals surface area contributed by atoms with E-state index in [-0.39, 0.29) is 24.9 Å². The summed E-state index contributed by atoms with van der Waals surface area (Å²) in [6.45, 7) is 11.8. The molecule has 2 heterocycles.